The average molecular weight is 315 g/mol. The van der Waals surface area contributed by atoms with Gasteiger partial charge in [0.2, 0.25) is 17.8 Å². The van der Waals surface area contributed by atoms with Gasteiger partial charge in [0.05, 0.1) is 0 Å². The van der Waals surface area contributed by atoms with Crippen LogP contribution in [0.1, 0.15) is 0 Å². The number of hydrogen-bond donors (Lipinski definition) is 4. The molecule has 0 fully saturated rings. The minimum atomic E-state index is -0.191. The van der Waals surface area contributed by atoms with E-state index in [0.29, 0.717) is 0 Å². The highest BCUT2D eigenvalue weighted by atomic mass is 15.5. The zero-order valence-electron chi connectivity index (χ0n) is 10.9. The SMILES string of the molecule is [N-]=[N+]=Nc1nc(N)n(-c2nnc(Nc3nc(N=N)n[nH]3)nn2)n1. The third-order valence-corrected chi connectivity index (χ3v) is 2.22. The molecule has 17 nitrogen and oxygen atoms in total. The van der Waals surface area contributed by atoms with E-state index in [-0.39, 0.29) is 35.7 Å². The summed E-state index contributed by atoms with van der Waals surface area (Å²) in [4.78, 5) is 10.0. The van der Waals surface area contributed by atoms with Crippen molar-refractivity contribution in [3.05, 3.63) is 10.4 Å². The summed E-state index contributed by atoms with van der Waals surface area (Å²) in [6, 6.07) is 0. The number of nitrogen functional groups attached to an aromatic ring is 1. The van der Waals surface area contributed by atoms with Crippen LogP contribution in [0.3, 0.4) is 0 Å². The molecule has 5 N–H and O–H groups in total. The van der Waals surface area contributed by atoms with Gasteiger partial charge in [0.25, 0.3) is 17.8 Å². The molecule has 3 aromatic rings. The van der Waals surface area contributed by atoms with E-state index in [0.717, 1.165) is 4.68 Å². The Hall–Kier alpha value is -4.27. The summed E-state index contributed by atoms with van der Waals surface area (Å²) >= 11 is 0. The van der Waals surface area contributed by atoms with Gasteiger partial charge in [0.15, 0.2) is 0 Å². The first kappa shape index (κ1) is 13.7. The van der Waals surface area contributed by atoms with Gasteiger partial charge in [-0.1, -0.05) is 0 Å². The lowest BCUT2D eigenvalue weighted by Gasteiger charge is -2.00. The Morgan fingerprint density at radius 3 is 2.65 bits per heavy atom. The molecule has 0 aromatic carbocycles. The van der Waals surface area contributed by atoms with Crippen LogP contribution < -0.4 is 11.1 Å². The lowest BCUT2D eigenvalue weighted by Crippen LogP contribution is -2.11. The van der Waals surface area contributed by atoms with Crippen molar-refractivity contribution in [2.75, 3.05) is 11.1 Å². The van der Waals surface area contributed by atoms with E-state index in [4.69, 9.17) is 16.8 Å². The van der Waals surface area contributed by atoms with Crippen molar-refractivity contribution < 1.29 is 0 Å². The van der Waals surface area contributed by atoms with Crippen molar-refractivity contribution in [2.24, 2.45) is 10.2 Å². The minimum absolute atomic E-state index is 0.00427. The Bertz CT molecular complexity index is 878. The Morgan fingerprint density at radius 1 is 1.22 bits per heavy atom. The number of H-pyrrole nitrogens is 1. The molecule has 3 heterocycles. The maximum absolute atomic E-state index is 8.32. The second-order valence-electron chi connectivity index (χ2n) is 3.62. The fourth-order valence-corrected chi connectivity index (χ4v) is 1.37. The fourth-order valence-electron chi connectivity index (χ4n) is 1.37. The number of aromatic amines is 1. The molecule has 0 bridgehead atoms. The van der Waals surface area contributed by atoms with Crippen LogP contribution in [0.4, 0.5) is 29.7 Å². The number of nitrogens with one attached hydrogen (secondary N) is 3. The van der Waals surface area contributed by atoms with Crippen LogP contribution in [0.2, 0.25) is 0 Å². The summed E-state index contributed by atoms with van der Waals surface area (Å²) in [6.07, 6.45) is 0. The zero-order chi connectivity index (χ0) is 16.2. The van der Waals surface area contributed by atoms with E-state index in [1.165, 1.54) is 0 Å². The molecule has 0 spiro atoms. The second-order valence-corrected chi connectivity index (χ2v) is 3.62. The van der Waals surface area contributed by atoms with E-state index in [1.807, 2.05) is 0 Å². The Balaban J connectivity index is 1.81. The van der Waals surface area contributed by atoms with Crippen molar-refractivity contribution in [1.29, 1.82) is 5.53 Å². The highest BCUT2D eigenvalue weighted by molar-refractivity contribution is 5.42. The van der Waals surface area contributed by atoms with Crippen LogP contribution in [0.5, 0.6) is 0 Å². The first-order chi connectivity index (χ1) is 11.2. The molecule has 0 saturated carbocycles. The van der Waals surface area contributed by atoms with Crippen molar-refractivity contribution in [2.45, 2.75) is 0 Å². The van der Waals surface area contributed by atoms with E-state index in [9.17, 15) is 0 Å². The number of aromatic nitrogens is 10. The van der Waals surface area contributed by atoms with Crippen LogP contribution in [-0.4, -0.2) is 50.3 Å². The third-order valence-electron chi connectivity index (χ3n) is 2.22. The molecule has 0 amide bonds. The zero-order valence-corrected chi connectivity index (χ0v) is 10.9. The summed E-state index contributed by atoms with van der Waals surface area (Å²) < 4.78 is 0.999. The molecule has 17 heteroatoms. The highest BCUT2D eigenvalue weighted by Crippen LogP contribution is 2.12. The fraction of sp³-hybridized carbons (Fsp3) is 0. The standard InChI is InChI=1S/C6H5N17/c7-1-10-5(18-22-9)21-23(1)6-19-16-4(17-20-6)12-2-11-3(13-8)15-14-2/h8H,(H2,7,10,21)(H2,11,12,14,15,16,17). The second kappa shape index (κ2) is 5.61. The molecule has 0 unspecified atom stereocenters. The summed E-state index contributed by atoms with van der Waals surface area (Å²) in [7, 11) is 0. The largest absolute Gasteiger partial charge is 0.368 e. The normalized spacial score (nSPS) is 10.1. The summed E-state index contributed by atoms with van der Waals surface area (Å²) in [5, 5.41) is 33.6. The van der Waals surface area contributed by atoms with Gasteiger partial charge >= 0.3 is 0 Å². The molecular formula is C6H5N17. The van der Waals surface area contributed by atoms with Gasteiger partial charge in [-0.3, -0.25) is 5.32 Å². The van der Waals surface area contributed by atoms with Crippen LogP contribution in [0.15, 0.2) is 10.2 Å². The maximum atomic E-state index is 8.32. The van der Waals surface area contributed by atoms with Gasteiger partial charge in [0, 0.05) is 4.91 Å². The molecule has 0 saturated heterocycles. The minimum Gasteiger partial charge on any atom is -0.368 e. The maximum Gasteiger partial charge on any atom is 0.292 e. The van der Waals surface area contributed by atoms with Crippen molar-refractivity contribution in [1.82, 2.24) is 50.3 Å². The van der Waals surface area contributed by atoms with Crippen LogP contribution in [-0.2, 0) is 0 Å². The quantitative estimate of drug-likeness (QED) is 0.276. The van der Waals surface area contributed by atoms with Gasteiger partial charge in [-0.2, -0.15) is 14.6 Å². The van der Waals surface area contributed by atoms with Crippen LogP contribution in [0.25, 0.3) is 16.4 Å². The van der Waals surface area contributed by atoms with Crippen molar-refractivity contribution in [3.63, 3.8) is 0 Å². The number of rotatable bonds is 5. The molecule has 3 aromatic heterocycles. The molecule has 0 aliphatic heterocycles. The molecule has 3 rings (SSSR count). The molecule has 0 radical (unpaired) electrons. The van der Waals surface area contributed by atoms with Crippen molar-refractivity contribution >= 4 is 29.7 Å². The number of nitrogens with zero attached hydrogens (tertiary/aromatic N) is 13. The summed E-state index contributed by atoms with van der Waals surface area (Å²) in [6.45, 7) is 0. The summed E-state index contributed by atoms with van der Waals surface area (Å²) in [5.74, 6) is -0.295. The summed E-state index contributed by atoms with van der Waals surface area (Å²) in [5.41, 5.74) is 20.7. The van der Waals surface area contributed by atoms with Crippen LogP contribution in [0, 0.1) is 5.53 Å². The first-order valence-electron chi connectivity index (χ1n) is 5.62. The Morgan fingerprint density at radius 2 is 2.00 bits per heavy atom. The molecule has 0 aliphatic rings. The van der Waals surface area contributed by atoms with E-state index < -0.39 is 0 Å². The van der Waals surface area contributed by atoms with Gasteiger partial charge < -0.3 is 5.73 Å². The van der Waals surface area contributed by atoms with E-state index in [2.05, 4.69) is 66.1 Å². The number of nitrogens with two attached hydrogens (primary N) is 1. The predicted molar refractivity (Wildman–Crippen MR) is 70.2 cm³/mol. The Kier molecular flexibility index (Phi) is 3.34. The van der Waals surface area contributed by atoms with E-state index >= 15 is 0 Å². The smallest absolute Gasteiger partial charge is 0.292 e. The number of azide groups is 1. The van der Waals surface area contributed by atoms with Gasteiger partial charge in [0.1, 0.15) is 0 Å². The lowest BCUT2D eigenvalue weighted by atomic mass is 10.9. The van der Waals surface area contributed by atoms with Gasteiger partial charge in [-0.05, 0) is 10.6 Å². The monoisotopic (exact) mass is 315 g/mol. The lowest BCUT2D eigenvalue weighted by molar-refractivity contribution is 0.738. The number of anilines is 3. The average Bonchev–Trinajstić information content (AvgIpc) is 3.15. The molecule has 23 heavy (non-hydrogen) atoms. The topological polar surface area (TPSA) is 247 Å². The first-order valence-corrected chi connectivity index (χ1v) is 5.62. The molecule has 114 valence electrons. The Labute approximate surface area is 124 Å². The highest BCUT2D eigenvalue weighted by Gasteiger charge is 2.12. The van der Waals surface area contributed by atoms with Crippen LogP contribution >= 0.6 is 0 Å². The molecular weight excluding hydrogens is 310 g/mol. The third kappa shape index (κ3) is 2.78. The predicted octanol–water partition coefficient (Wildman–Crippen LogP) is -0.105. The van der Waals surface area contributed by atoms with Crippen molar-refractivity contribution in [3.8, 4) is 5.95 Å². The molecule has 0 atom stereocenters. The molecule has 0 aliphatic carbocycles. The van der Waals surface area contributed by atoms with E-state index in [1.54, 1.807) is 0 Å². The van der Waals surface area contributed by atoms with Gasteiger partial charge in [-0.15, -0.1) is 35.7 Å². The number of hydrogen-bond acceptors (Lipinski definition) is 13. The van der Waals surface area contributed by atoms with Gasteiger partial charge in [-0.25, -0.2) is 10.6 Å².